The van der Waals surface area contributed by atoms with Gasteiger partial charge in [-0.25, -0.2) is 4.79 Å². The lowest BCUT2D eigenvalue weighted by atomic mass is 10.1. The van der Waals surface area contributed by atoms with Gasteiger partial charge in [-0.1, -0.05) is 13.3 Å². The Kier molecular flexibility index (Phi) is 2.25. The first-order chi connectivity index (χ1) is 7.07. The SMILES string of the molecule is CCCC(C(=O)O)N1C(=O)C2CC2C1=O. The van der Waals surface area contributed by atoms with Gasteiger partial charge in [-0.15, -0.1) is 0 Å². The van der Waals surface area contributed by atoms with Crippen molar-refractivity contribution in [2.75, 3.05) is 0 Å². The molecule has 1 aliphatic heterocycles. The van der Waals surface area contributed by atoms with E-state index < -0.39 is 12.0 Å². The number of nitrogens with zero attached hydrogens (tertiary/aromatic N) is 1. The summed E-state index contributed by atoms with van der Waals surface area (Å²) in [6.45, 7) is 1.84. The smallest absolute Gasteiger partial charge is 0.326 e. The highest BCUT2D eigenvalue weighted by Gasteiger charge is 2.61. The molecule has 3 unspecified atom stereocenters. The van der Waals surface area contributed by atoms with Crippen LogP contribution in [0.2, 0.25) is 0 Å². The molecule has 2 fully saturated rings. The minimum atomic E-state index is -1.08. The summed E-state index contributed by atoms with van der Waals surface area (Å²) >= 11 is 0. The van der Waals surface area contributed by atoms with E-state index in [2.05, 4.69) is 0 Å². The van der Waals surface area contributed by atoms with Gasteiger partial charge < -0.3 is 5.11 Å². The summed E-state index contributed by atoms with van der Waals surface area (Å²) in [5, 5.41) is 8.96. The standard InChI is InChI=1S/C10H13NO4/c1-2-3-7(10(14)15)11-8(12)5-4-6(5)9(11)13/h5-7H,2-4H2,1H3,(H,14,15). The third kappa shape index (κ3) is 1.42. The van der Waals surface area contributed by atoms with Crippen molar-refractivity contribution in [2.45, 2.75) is 32.2 Å². The molecule has 5 heteroatoms. The average molecular weight is 211 g/mol. The summed E-state index contributed by atoms with van der Waals surface area (Å²) in [5.74, 6) is -2.08. The second-order valence-electron chi connectivity index (χ2n) is 4.14. The van der Waals surface area contributed by atoms with Crippen molar-refractivity contribution in [3.05, 3.63) is 0 Å². The molecular weight excluding hydrogens is 198 g/mol. The Morgan fingerprint density at radius 2 is 2.00 bits per heavy atom. The van der Waals surface area contributed by atoms with Crippen molar-refractivity contribution in [1.29, 1.82) is 0 Å². The first kappa shape index (κ1) is 10.1. The number of hydrogen-bond acceptors (Lipinski definition) is 3. The van der Waals surface area contributed by atoms with Crippen LogP contribution in [0.1, 0.15) is 26.2 Å². The van der Waals surface area contributed by atoms with Gasteiger partial charge in [0.2, 0.25) is 11.8 Å². The maximum Gasteiger partial charge on any atom is 0.326 e. The minimum Gasteiger partial charge on any atom is -0.480 e. The number of carbonyl (C=O) groups excluding carboxylic acids is 2. The van der Waals surface area contributed by atoms with Crippen LogP contribution < -0.4 is 0 Å². The molecule has 1 heterocycles. The zero-order chi connectivity index (χ0) is 11.2. The van der Waals surface area contributed by atoms with Crippen molar-refractivity contribution in [3.8, 4) is 0 Å². The zero-order valence-electron chi connectivity index (χ0n) is 8.47. The van der Waals surface area contributed by atoms with Crippen LogP contribution >= 0.6 is 0 Å². The summed E-state index contributed by atoms with van der Waals surface area (Å²) in [5.41, 5.74) is 0. The fourth-order valence-electron chi connectivity index (χ4n) is 2.15. The summed E-state index contributed by atoms with van der Waals surface area (Å²) in [4.78, 5) is 35.1. The van der Waals surface area contributed by atoms with Crippen LogP contribution in [-0.2, 0) is 14.4 Å². The number of carboxylic acid groups (broad SMARTS) is 1. The minimum absolute atomic E-state index is 0.212. The number of aliphatic carboxylic acids is 1. The number of hydrogen-bond donors (Lipinski definition) is 1. The highest BCUT2D eigenvalue weighted by atomic mass is 16.4. The largest absolute Gasteiger partial charge is 0.480 e. The van der Waals surface area contributed by atoms with E-state index in [9.17, 15) is 14.4 Å². The Labute approximate surface area is 87.1 Å². The van der Waals surface area contributed by atoms with Gasteiger partial charge in [0, 0.05) is 0 Å². The zero-order valence-corrected chi connectivity index (χ0v) is 8.47. The van der Waals surface area contributed by atoms with Crippen molar-refractivity contribution in [2.24, 2.45) is 11.8 Å². The number of fused-ring (bicyclic) bond motifs is 1. The Morgan fingerprint density at radius 3 is 2.40 bits per heavy atom. The van der Waals surface area contributed by atoms with Gasteiger partial charge in [-0.3, -0.25) is 14.5 Å². The predicted octanol–water partition coefficient (Wildman–Crippen LogP) is 0.245. The lowest BCUT2D eigenvalue weighted by molar-refractivity contribution is -0.156. The first-order valence-electron chi connectivity index (χ1n) is 5.17. The predicted molar refractivity (Wildman–Crippen MR) is 49.8 cm³/mol. The summed E-state index contributed by atoms with van der Waals surface area (Å²) in [6.07, 6.45) is 1.60. The quantitative estimate of drug-likeness (QED) is 0.676. The Bertz CT molecular complexity index is 318. The fraction of sp³-hybridized carbons (Fsp3) is 0.700. The molecule has 0 aromatic rings. The third-order valence-corrected chi connectivity index (χ3v) is 3.06. The van der Waals surface area contributed by atoms with Gasteiger partial charge in [0.25, 0.3) is 0 Å². The van der Waals surface area contributed by atoms with Crippen LogP contribution in [0, 0.1) is 11.8 Å². The van der Waals surface area contributed by atoms with Gasteiger partial charge in [0.15, 0.2) is 0 Å². The maximum absolute atomic E-state index is 11.6. The van der Waals surface area contributed by atoms with E-state index in [1.54, 1.807) is 0 Å². The molecule has 1 saturated heterocycles. The molecule has 15 heavy (non-hydrogen) atoms. The topological polar surface area (TPSA) is 74.7 Å². The van der Waals surface area contributed by atoms with Crippen molar-refractivity contribution in [1.82, 2.24) is 4.90 Å². The second kappa shape index (κ2) is 3.32. The molecule has 2 aliphatic rings. The molecule has 0 spiro atoms. The van der Waals surface area contributed by atoms with Crippen molar-refractivity contribution >= 4 is 17.8 Å². The van der Waals surface area contributed by atoms with Crippen LogP contribution in [-0.4, -0.2) is 33.8 Å². The molecule has 82 valence electrons. The molecule has 0 bridgehead atoms. The average Bonchev–Trinajstić information content (AvgIpc) is 2.91. The van der Waals surface area contributed by atoms with Gasteiger partial charge in [0.1, 0.15) is 6.04 Å². The lowest BCUT2D eigenvalue weighted by Gasteiger charge is -2.23. The van der Waals surface area contributed by atoms with Gasteiger partial charge >= 0.3 is 5.97 Å². The fourth-order valence-corrected chi connectivity index (χ4v) is 2.15. The van der Waals surface area contributed by atoms with Crippen LogP contribution in [0.5, 0.6) is 0 Å². The number of rotatable bonds is 4. The normalized spacial score (nSPS) is 30.3. The molecule has 1 aliphatic carbocycles. The van der Waals surface area contributed by atoms with Crippen LogP contribution in [0.25, 0.3) is 0 Å². The number of likely N-dealkylation sites (tertiary alicyclic amines) is 1. The number of carbonyl (C=O) groups is 3. The van der Waals surface area contributed by atoms with E-state index in [1.165, 1.54) is 0 Å². The van der Waals surface area contributed by atoms with Gasteiger partial charge in [-0.2, -0.15) is 0 Å². The van der Waals surface area contributed by atoms with Crippen molar-refractivity contribution < 1.29 is 19.5 Å². The molecule has 2 rings (SSSR count). The van der Waals surface area contributed by atoms with E-state index in [4.69, 9.17) is 5.11 Å². The molecular formula is C10H13NO4. The van der Waals surface area contributed by atoms with Gasteiger partial charge in [-0.05, 0) is 12.8 Å². The van der Waals surface area contributed by atoms with E-state index in [0.29, 0.717) is 19.3 Å². The van der Waals surface area contributed by atoms with E-state index in [0.717, 1.165) is 4.90 Å². The maximum atomic E-state index is 11.6. The molecule has 1 N–H and O–H groups in total. The highest BCUT2D eigenvalue weighted by Crippen LogP contribution is 2.47. The summed E-state index contributed by atoms with van der Waals surface area (Å²) < 4.78 is 0. The Balaban J connectivity index is 2.17. The molecule has 0 radical (unpaired) electrons. The highest BCUT2D eigenvalue weighted by molar-refractivity contribution is 6.10. The molecule has 5 nitrogen and oxygen atoms in total. The molecule has 1 saturated carbocycles. The van der Waals surface area contributed by atoms with E-state index >= 15 is 0 Å². The molecule has 0 aromatic carbocycles. The number of carboxylic acids is 1. The van der Waals surface area contributed by atoms with Crippen molar-refractivity contribution in [3.63, 3.8) is 0 Å². The number of amides is 2. The number of piperidine rings is 1. The second-order valence-corrected chi connectivity index (χ2v) is 4.14. The number of imide groups is 1. The molecule has 3 atom stereocenters. The Morgan fingerprint density at radius 1 is 1.47 bits per heavy atom. The lowest BCUT2D eigenvalue weighted by Crippen LogP contribution is -2.46. The van der Waals surface area contributed by atoms with E-state index in [1.807, 2.05) is 6.92 Å². The summed E-state index contributed by atoms with van der Waals surface area (Å²) in [6, 6.07) is -0.956. The summed E-state index contributed by atoms with van der Waals surface area (Å²) in [7, 11) is 0. The van der Waals surface area contributed by atoms with Crippen LogP contribution in [0.3, 0.4) is 0 Å². The van der Waals surface area contributed by atoms with E-state index in [-0.39, 0.29) is 23.7 Å². The van der Waals surface area contributed by atoms with Crippen LogP contribution in [0.4, 0.5) is 0 Å². The molecule has 2 amide bonds. The Hall–Kier alpha value is -1.39. The van der Waals surface area contributed by atoms with Gasteiger partial charge in [0.05, 0.1) is 11.8 Å². The molecule has 0 aromatic heterocycles. The third-order valence-electron chi connectivity index (χ3n) is 3.06. The first-order valence-corrected chi connectivity index (χ1v) is 5.17. The van der Waals surface area contributed by atoms with Crippen LogP contribution in [0.15, 0.2) is 0 Å². The monoisotopic (exact) mass is 211 g/mol.